The maximum atomic E-state index is 14.1. The second-order valence-corrected chi connectivity index (χ2v) is 7.76. The molecule has 0 aliphatic heterocycles. The van der Waals surface area contributed by atoms with E-state index >= 15 is 0 Å². The van der Waals surface area contributed by atoms with Crippen molar-refractivity contribution < 1.29 is 13.7 Å². The fraction of sp³-hybridized carbons (Fsp3) is 0.136. The van der Waals surface area contributed by atoms with Gasteiger partial charge in [-0.05, 0) is 31.0 Å². The third-order valence-corrected chi connectivity index (χ3v) is 5.68. The van der Waals surface area contributed by atoms with Gasteiger partial charge in [0, 0.05) is 28.5 Å². The lowest BCUT2D eigenvalue weighted by Crippen LogP contribution is -2.13. The molecule has 1 aliphatic carbocycles. The molecular weight excluding hydrogens is 389 g/mol. The number of para-hydroxylation sites is 1. The van der Waals surface area contributed by atoms with Crippen LogP contribution in [0.2, 0.25) is 0 Å². The van der Waals surface area contributed by atoms with Crippen LogP contribution in [0, 0.1) is 5.82 Å². The number of aromatic nitrogens is 2. The third kappa shape index (κ3) is 3.56. The Bertz CT molecular complexity index is 1200. The third-order valence-electron chi connectivity index (χ3n) is 4.80. The highest BCUT2D eigenvalue weighted by Gasteiger charge is 2.29. The van der Waals surface area contributed by atoms with Gasteiger partial charge < -0.3 is 9.84 Å². The Balaban J connectivity index is 1.42. The Morgan fingerprint density at radius 2 is 1.86 bits per heavy atom. The molecule has 144 valence electrons. The van der Waals surface area contributed by atoms with E-state index in [0.29, 0.717) is 27.9 Å². The van der Waals surface area contributed by atoms with Crippen molar-refractivity contribution in [1.29, 1.82) is 0 Å². The van der Waals surface area contributed by atoms with Gasteiger partial charge >= 0.3 is 0 Å². The number of hydrogen-bond acceptors (Lipinski definition) is 5. The lowest BCUT2D eigenvalue weighted by molar-refractivity contribution is 0.101. The molecule has 4 aromatic rings. The molecule has 1 saturated carbocycles. The van der Waals surface area contributed by atoms with Gasteiger partial charge in [0.15, 0.2) is 5.69 Å². The van der Waals surface area contributed by atoms with Gasteiger partial charge in [0.25, 0.3) is 5.91 Å². The number of thiazole rings is 1. The highest BCUT2D eigenvalue weighted by atomic mass is 32.1. The molecule has 5 nitrogen and oxygen atoms in total. The SMILES string of the molecule is O=C(Nc1ccccc1-c1csc(-c2ccccc2F)n1)c1cc(C2CC2)on1. The van der Waals surface area contributed by atoms with Crippen molar-refractivity contribution in [3.05, 3.63) is 77.2 Å². The zero-order valence-corrected chi connectivity index (χ0v) is 16.1. The van der Waals surface area contributed by atoms with E-state index in [1.807, 2.05) is 23.6 Å². The molecule has 0 radical (unpaired) electrons. The van der Waals surface area contributed by atoms with Gasteiger partial charge in [0.2, 0.25) is 0 Å². The van der Waals surface area contributed by atoms with Crippen molar-refractivity contribution in [2.75, 3.05) is 5.32 Å². The summed E-state index contributed by atoms with van der Waals surface area (Å²) >= 11 is 1.36. The predicted octanol–water partition coefficient (Wildman–Crippen LogP) is 5.73. The molecule has 1 N–H and O–H groups in total. The minimum absolute atomic E-state index is 0.257. The molecular formula is C22H16FN3O2S. The monoisotopic (exact) mass is 405 g/mol. The summed E-state index contributed by atoms with van der Waals surface area (Å²) in [4.78, 5) is 17.2. The summed E-state index contributed by atoms with van der Waals surface area (Å²) in [5.74, 6) is 0.505. The van der Waals surface area contributed by atoms with Crippen molar-refractivity contribution in [3.63, 3.8) is 0 Å². The van der Waals surface area contributed by atoms with Crippen LogP contribution in [0.1, 0.15) is 35.0 Å². The maximum Gasteiger partial charge on any atom is 0.277 e. The van der Waals surface area contributed by atoms with Crippen LogP contribution in [0.3, 0.4) is 0 Å². The van der Waals surface area contributed by atoms with Crippen LogP contribution in [-0.2, 0) is 0 Å². The van der Waals surface area contributed by atoms with Gasteiger partial charge in [-0.25, -0.2) is 9.37 Å². The van der Waals surface area contributed by atoms with Crippen molar-refractivity contribution in [3.8, 4) is 21.8 Å². The van der Waals surface area contributed by atoms with Crippen molar-refractivity contribution in [2.24, 2.45) is 0 Å². The topological polar surface area (TPSA) is 68.0 Å². The summed E-state index contributed by atoms with van der Waals surface area (Å²) in [6.45, 7) is 0. The molecule has 0 atom stereocenters. The number of nitrogens with one attached hydrogen (secondary N) is 1. The number of benzene rings is 2. The van der Waals surface area contributed by atoms with Gasteiger partial charge in [-0.3, -0.25) is 4.79 Å². The number of amides is 1. The van der Waals surface area contributed by atoms with Crippen molar-refractivity contribution in [1.82, 2.24) is 10.1 Å². The van der Waals surface area contributed by atoms with Gasteiger partial charge in [0.1, 0.15) is 16.6 Å². The van der Waals surface area contributed by atoms with Crippen LogP contribution in [-0.4, -0.2) is 16.0 Å². The molecule has 2 aromatic heterocycles. The summed E-state index contributed by atoms with van der Waals surface area (Å²) in [5.41, 5.74) is 2.75. The molecule has 1 aliphatic rings. The smallest absolute Gasteiger partial charge is 0.277 e. The van der Waals surface area contributed by atoms with E-state index in [1.54, 1.807) is 30.3 Å². The fourth-order valence-corrected chi connectivity index (χ4v) is 3.96. The van der Waals surface area contributed by atoms with Crippen LogP contribution in [0.5, 0.6) is 0 Å². The van der Waals surface area contributed by atoms with Crippen molar-refractivity contribution >= 4 is 22.9 Å². The molecule has 1 fully saturated rings. The zero-order valence-electron chi connectivity index (χ0n) is 15.3. The van der Waals surface area contributed by atoms with E-state index in [4.69, 9.17) is 4.52 Å². The molecule has 5 rings (SSSR count). The second kappa shape index (κ2) is 7.25. The Hall–Kier alpha value is -3.32. The predicted molar refractivity (Wildman–Crippen MR) is 109 cm³/mol. The van der Waals surface area contributed by atoms with Crippen LogP contribution in [0.15, 0.2) is 64.5 Å². The molecule has 2 heterocycles. The van der Waals surface area contributed by atoms with Gasteiger partial charge in [-0.1, -0.05) is 35.5 Å². The highest BCUT2D eigenvalue weighted by Crippen LogP contribution is 2.40. The molecule has 2 aromatic carbocycles. The Morgan fingerprint density at radius 1 is 1.10 bits per heavy atom. The first kappa shape index (κ1) is 17.8. The lowest BCUT2D eigenvalue weighted by atomic mass is 10.1. The minimum Gasteiger partial charge on any atom is -0.360 e. The van der Waals surface area contributed by atoms with Crippen molar-refractivity contribution in [2.45, 2.75) is 18.8 Å². The summed E-state index contributed by atoms with van der Waals surface area (Å²) in [7, 11) is 0. The number of anilines is 1. The van der Waals surface area contributed by atoms with Gasteiger partial charge in [-0.15, -0.1) is 11.3 Å². The summed E-state index contributed by atoms with van der Waals surface area (Å²) in [6.07, 6.45) is 2.15. The number of halogens is 1. The van der Waals surface area contributed by atoms with E-state index in [-0.39, 0.29) is 17.4 Å². The van der Waals surface area contributed by atoms with E-state index < -0.39 is 0 Å². The fourth-order valence-electron chi connectivity index (χ4n) is 3.11. The summed E-state index contributed by atoms with van der Waals surface area (Å²) < 4.78 is 19.4. The largest absolute Gasteiger partial charge is 0.360 e. The molecule has 0 saturated heterocycles. The Kier molecular flexibility index (Phi) is 4.44. The first-order chi connectivity index (χ1) is 14.2. The zero-order chi connectivity index (χ0) is 19.8. The Morgan fingerprint density at radius 3 is 2.66 bits per heavy atom. The molecule has 1 amide bonds. The number of nitrogens with zero attached hydrogens (tertiary/aromatic N) is 2. The number of carbonyl (C=O) groups is 1. The Labute approximate surface area is 170 Å². The lowest BCUT2D eigenvalue weighted by Gasteiger charge is -2.08. The minimum atomic E-state index is -0.336. The molecule has 0 spiro atoms. The highest BCUT2D eigenvalue weighted by molar-refractivity contribution is 7.13. The summed E-state index contributed by atoms with van der Waals surface area (Å²) in [6, 6.07) is 15.6. The molecule has 0 unspecified atom stereocenters. The normalized spacial score (nSPS) is 13.4. The maximum absolute atomic E-state index is 14.1. The van der Waals surface area contributed by atoms with Gasteiger partial charge in [0.05, 0.1) is 11.4 Å². The average molecular weight is 405 g/mol. The van der Waals surface area contributed by atoms with Crippen LogP contribution in [0.25, 0.3) is 21.8 Å². The molecule has 29 heavy (non-hydrogen) atoms. The molecule has 0 bridgehead atoms. The standard InChI is InChI=1S/C22H16FN3O2S/c23-16-7-3-1-5-14(16)22-25-19(12-29-22)15-6-2-4-8-17(15)24-21(27)18-11-20(28-26-18)13-9-10-13/h1-8,11-13H,9-10H2,(H,24,27). The van der Waals surface area contributed by atoms with Crippen LogP contribution < -0.4 is 5.32 Å². The van der Waals surface area contributed by atoms with E-state index in [1.165, 1.54) is 17.4 Å². The van der Waals surface area contributed by atoms with Gasteiger partial charge in [-0.2, -0.15) is 0 Å². The van der Waals surface area contributed by atoms with Crippen LogP contribution >= 0.6 is 11.3 Å². The summed E-state index contributed by atoms with van der Waals surface area (Å²) in [5, 5.41) is 9.22. The second-order valence-electron chi connectivity index (χ2n) is 6.91. The van der Waals surface area contributed by atoms with E-state index in [0.717, 1.165) is 24.2 Å². The number of rotatable bonds is 5. The number of carbonyl (C=O) groups excluding carboxylic acids is 1. The van der Waals surface area contributed by atoms with E-state index in [9.17, 15) is 9.18 Å². The molecule has 7 heteroatoms. The number of hydrogen-bond donors (Lipinski definition) is 1. The van der Waals surface area contributed by atoms with Crippen LogP contribution in [0.4, 0.5) is 10.1 Å². The quantitative estimate of drug-likeness (QED) is 0.460. The first-order valence-electron chi connectivity index (χ1n) is 9.27. The first-order valence-corrected chi connectivity index (χ1v) is 10.1. The van der Waals surface area contributed by atoms with E-state index in [2.05, 4.69) is 15.5 Å². The average Bonchev–Trinajstić information content (AvgIpc) is 3.26.